The first-order valence-corrected chi connectivity index (χ1v) is 14.7. The molecule has 3 nitrogen and oxygen atoms in total. The Morgan fingerprint density at radius 1 is 0.576 bits per heavy atom. The summed E-state index contributed by atoms with van der Waals surface area (Å²) in [6.45, 7) is 3.21. The SMILES string of the molecule is CCCCCC/C=C\CCCCCCCC(=O)OCCCCCCCCCCCCCCO. The fourth-order valence-corrected chi connectivity index (χ4v) is 4.23. The van der Waals surface area contributed by atoms with Gasteiger partial charge in [-0.15, -0.1) is 0 Å². The quantitative estimate of drug-likeness (QED) is 0.0744. The van der Waals surface area contributed by atoms with Crippen LogP contribution >= 0.6 is 0 Å². The summed E-state index contributed by atoms with van der Waals surface area (Å²) in [4.78, 5) is 11.8. The van der Waals surface area contributed by atoms with Crippen LogP contribution in [0.15, 0.2) is 12.2 Å². The number of carbonyl (C=O) groups is 1. The third-order valence-electron chi connectivity index (χ3n) is 6.46. The van der Waals surface area contributed by atoms with Gasteiger partial charge < -0.3 is 9.84 Å². The van der Waals surface area contributed by atoms with Crippen molar-refractivity contribution in [1.29, 1.82) is 0 Å². The highest BCUT2D eigenvalue weighted by atomic mass is 16.5. The van der Waals surface area contributed by atoms with Crippen LogP contribution in [-0.4, -0.2) is 24.3 Å². The van der Waals surface area contributed by atoms with E-state index in [9.17, 15) is 4.79 Å². The monoisotopic (exact) mass is 466 g/mol. The lowest BCUT2D eigenvalue weighted by atomic mass is 10.1. The zero-order valence-corrected chi connectivity index (χ0v) is 22.3. The molecule has 0 aromatic rings. The smallest absolute Gasteiger partial charge is 0.305 e. The summed E-state index contributed by atoms with van der Waals surface area (Å²) in [5.74, 6) is -0.00000469. The van der Waals surface area contributed by atoms with Gasteiger partial charge in [0, 0.05) is 13.0 Å². The predicted molar refractivity (Wildman–Crippen MR) is 144 cm³/mol. The first-order chi connectivity index (χ1) is 16.3. The van der Waals surface area contributed by atoms with Crippen LogP contribution < -0.4 is 0 Å². The normalized spacial score (nSPS) is 11.5. The molecule has 33 heavy (non-hydrogen) atoms. The second-order valence-corrected chi connectivity index (χ2v) is 9.81. The number of hydrogen-bond donors (Lipinski definition) is 1. The Balaban J connectivity index is 3.18. The van der Waals surface area contributed by atoms with Crippen LogP contribution in [0.2, 0.25) is 0 Å². The maximum Gasteiger partial charge on any atom is 0.305 e. The number of aliphatic hydroxyl groups excluding tert-OH is 1. The Morgan fingerprint density at radius 2 is 1.00 bits per heavy atom. The van der Waals surface area contributed by atoms with Crippen molar-refractivity contribution in [2.24, 2.45) is 0 Å². The highest BCUT2D eigenvalue weighted by Gasteiger charge is 2.02. The summed E-state index contributed by atoms with van der Waals surface area (Å²) in [6, 6.07) is 0. The summed E-state index contributed by atoms with van der Waals surface area (Å²) in [7, 11) is 0. The number of carbonyl (C=O) groups excluding carboxylic acids is 1. The molecule has 0 aromatic carbocycles. The van der Waals surface area contributed by atoms with Gasteiger partial charge in [0.05, 0.1) is 6.61 Å². The summed E-state index contributed by atoms with van der Waals surface area (Å²) in [5, 5.41) is 8.75. The molecule has 0 aliphatic rings. The van der Waals surface area contributed by atoms with Gasteiger partial charge in [0.2, 0.25) is 0 Å². The molecule has 0 atom stereocenters. The molecule has 0 rings (SSSR count). The second-order valence-electron chi connectivity index (χ2n) is 9.81. The lowest BCUT2D eigenvalue weighted by Gasteiger charge is -2.05. The van der Waals surface area contributed by atoms with Crippen molar-refractivity contribution < 1.29 is 14.6 Å². The van der Waals surface area contributed by atoms with Gasteiger partial charge in [-0.2, -0.15) is 0 Å². The minimum atomic E-state index is -0.00000469. The molecule has 0 aliphatic carbocycles. The summed E-state index contributed by atoms with van der Waals surface area (Å²) in [5.41, 5.74) is 0. The number of esters is 1. The summed E-state index contributed by atoms with van der Waals surface area (Å²) >= 11 is 0. The number of aliphatic hydroxyl groups is 1. The molecule has 0 fully saturated rings. The second kappa shape index (κ2) is 29.2. The highest BCUT2D eigenvalue weighted by Crippen LogP contribution is 2.13. The van der Waals surface area contributed by atoms with Crippen LogP contribution in [-0.2, 0) is 9.53 Å². The molecule has 0 saturated carbocycles. The Hall–Kier alpha value is -0.830. The highest BCUT2D eigenvalue weighted by molar-refractivity contribution is 5.69. The lowest BCUT2D eigenvalue weighted by Crippen LogP contribution is -2.05. The first-order valence-electron chi connectivity index (χ1n) is 14.7. The van der Waals surface area contributed by atoms with E-state index in [4.69, 9.17) is 9.84 Å². The molecular weight excluding hydrogens is 408 g/mol. The zero-order valence-electron chi connectivity index (χ0n) is 22.3. The Bertz CT molecular complexity index is 405. The average molecular weight is 467 g/mol. The van der Waals surface area contributed by atoms with E-state index in [-0.39, 0.29) is 5.97 Å². The van der Waals surface area contributed by atoms with Gasteiger partial charge in [-0.25, -0.2) is 0 Å². The van der Waals surface area contributed by atoms with Gasteiger partial charge >= 0.3 is 5.97 Å². The predicted octanol–water partition coefficient (Wildman–Crippen LogP) is 9.46. The van der Waals surface area contributed by atoms with Gasteiger partial charge in [0.15, 0.2) is 0 Å². The zero-order chi connectivity index (χ0) is 24.1. The minimum absolute atomic E-state index is 0.00000469. The number of unbranched alkanes of at least 4 members (excludes halogenated alkanes) is 20. The molecule has 0 spiro atoms. The molecule has 0 radical (unpaired) electrons. The van der Waals surface area contributed by atoms with E-state index >= 15 is 0 Å². The van der Waals surface area contributed by atoms with Crippen molar-refractivity contribution in [3.8, 4) is 0 Å². The third-order valence-corrected chi connectivity index (χ3v) is 6.46. The van der Waals surface area contributed by atoms with Crippen LogP contribution in [0.3, 0.4) is 0 Å². The van der Waals surface area contributed by atoms with Gasteiger partial charge in [-0.1, -0.05) is 122 Å². The van der Waals surface area contributed by atoms with E-state index in [1.165, 1.54) is 122 Å². The maximum absolute atomic E-state index is 11.8. The number of hydrogen-bond acceptors (Lipinski definition) is 3. The molecule has 0 saturated heterocycles. The van der Waals surface area contributed by atoms with E-state index in [1.54, 1.807) is 0 Å². The van der Waals surface area contributed by atoms with Crippen molar-refractivity contribution in [3.63, 3.8) is 0 Å². The van der Waals surface area contributed by atoms with Gasteiger partial charge in [-0.05, 0) is 44.9 Å². The Labute approximate surface area is 207 Å². The van der Waals surface area contributed by atoms with Crippen molar-refractivity contribution in [2.75, 3.05) is 13.2 Å². The number of ether oxygens (including phenoxy) is 1. The molecule has 0 bridgehead atoms. The van der Waals surface area contributed by atoms with Crippen LogP contribution in [0.25, 0.3) is 0 Å². The summed E-state index contributed by atoms with van der Waals surface area (Å²) in [6.07, 6.45) is 34.0. The van der Waals surface area contributed by atoms with E-state index < -0.39 is 0 Å². The fraction of sp³-hybridized carbons (Fsp3) is 0.900. The third kappa shape index (κ3) is 29.1. The van der Waals surface area contributed by atoms with Crippen molar-refractivity contribution >= 4 is 5.97 Å². The Kier molecular flexibility index (Phi) is 28.5. The lowest BCUT2D eigenvalue weighted by molar-refractivity contribution is -0.143. The van der Waals surface area contributed by atoms with E-state index in [0.29, 0.717) is 19.6 Å². The molecular formula is C30H58O3. The topological polar surface area (TPSA) is 46.5 Å². The minimum Gasteiger partial charge on any atom is -0.466 e. The first kappa shape index (κ1) is 32.2. The van der Waals surface area contributed by atoms with Crippen LogP contribution in [0.4, 0.5) is 0 Å². The Morgan fingerprint density at radius 3 is 1.52 bits per heavy atom. The molecule has 3 heteroatoms. The average Bonchev–Trinajstić information content (AvgIpc) is 2.82. The van der Waals surface area contributed by atoms with Crippen LogP contribution in [0, 0.1) is 0 Å². The summed E-state index contributed by atoms with van der Waals surface area (Å²) < 4.78 is 5.39. The van der Waals surface area contributed by atoms with Gasteiger partial charge in [0.1, 0.15) is 0 Å². The van der Waals surface area contributed by atoms with E-state index in [2.05, 4.69) is 19.1 Å². The molecule has 0 aromatic heterocycles. The molecule has 1 N–H and O–H groups in total. The van der Waals surface area contributed by atoms with Gasteiger partial charge in [0.25, 0.3) is 0 Å². The largest absolute Gasteiger partial charge is 0.466 e. The van der Waals surface area contributed by atoms with Crippen molar-refractivity contribution in [1.82, 2.24) is 0 Å². The van der Waals surface area contributed by atoms with E-state index in [1.807, 2.05) is 0 Å². The van der Waals surface area contributed by atoms with Gasteiger partial charge in [-0.3, -0.25) is 4.79 Å². The molecule has 0 heterocycles. The fourth-order valence-electron chi connectivity index (χ4n) is 4.23. The number of rotatable bonds is 27. The molecule has 0 amide bonds. The van der Waals surface area contributed by atoms with E-state index in [0.717, 1.165) is 25.7 Å². The van der Waals surface area contributed by atoms with Crippen LogP contribution in [0.1, 0.15) is 161 Å². The van der Waals surface area contributed by atoms with Crippen molar-refractivity contribution in [2.45, 2.75) is 161 Å². The molecule has 0 unspecified atom stereocenters. The van der Waals surface area contributed by atoms with Crippen molar-refractivity contribution in [3.05, 3.63) is 12.2 Å². The molecule has 196 valence electrons. The maximum atomic E-state index is 11.8. The number of allylic oxidation sites excluding steroid dienone is 2. The standard InChI is InChI=1S/C30H58O3/c1-2-3-4-5-6-7-8-9-12-15-18-21-24-27-30(32)33-29-26-23-20-17-14-11-10-13-16-19-22-25-28-31/h7-8,31H,2-6,9-29H2,1H3/b8-7-. The molecule has 0 aliphatic heterocycles. The van der Waals surface area contributed by atoms with Crippen LogP contribution in [0.5, 0.6) is 0 Å².